The summed E-state index contributed by atoms with van der Waals surface area (Å²) in [6.07, 6.45) is 2.24. The summed E-state index contributed by atoms with van der Waals surface area (Å²) < 4.78 is 0. The summed E-state index contributed by atoms with van der Waals surface area (Å²) in [4.78, 5) is 14.4. The number of rotatable bonds is 1. The lowest BCUT2D eigenvalue weighted by molar-refractivity contribution is 0.0574. The molecule has 0 bridgehead atoms. The second kappa shape index (κ2) is 4.88. The van der Waals surface area contributed by atoms with Crippen molar-refractivity contribution in [2.24, 2.45) is 5.92 Å². The SMILES string of the molecule is CC1CCC(C)N(C(=O)c2cc(N)cc(N)c2)C1. The fraction of sp³-hybridized carbons (Fsp3) is 0.500. The maximum atomic E-state index is 12.5. The monoisotopic (exact) mass is 247 g/mol. The summed E-state index contributed by atoms with van der Waals surface area (Å²) in [6.45, 7) is 5.09. The molecule has 1 aromatic carbocycles. The van der Waals surface area contributed by atoms with E-state index in [1.807, 2.05) is 4.90 Å². The molecule has 0 aliphatic carbocycles. The summed E-state index contributed by atoms with van der Waals surface area (Å²) in [5, 5.41) is 0. The largest absolute Gasteiger partial charge is 0.399 e. The topological polar surface area (TPSA) is 72.3 Å². The van der Waals surface area contributed by atoms with Crippen LogP contribution >= 0.6 is 0 Å². The van der Waals surface area contributed by atoms with E-state index in [1.54, 1.807) is 18.2 Å². The maximum Gasteiger partial charge on any atom is 0.254 e. The zero-order valence-corrected chi connectivity index (χ0v) is 11.0. The third kappa shape index (κ3) is 2.58. The van der Waals surface area contributed by atoms with Crippen LogP contribution in [-0.2, 0) is 0 Å². The van der Waals surface area contributed by atoms with Gasteiger partial charge in [0.1, 0.15) is 0 Å². The van der Waals surface area contributed by atoms with Gasteiger partial charge in [-0.25, -0.2) is 0 Å². The van der Waals surface area contributed by atoms with E-state index in [0.29, 0.717) is 22.9 Å². The second-order valence-electron chi connectivity index (χ2n) is 5.38. The van der Waals surface area contributed by atoms with Crippen molar-refractivity contribution in [3.63, 3.8) is 0 Å². The Balaban J connectivity index is 2.24. The van der Waals surface area contributed by atoms with Gasteiger partial charge >= 0.3 is 0 Å². The van der Waals surface area contributed by atoms with Gasteiger partial charge in [-0.15, -0.1) is 0 Å². The number of nitrogens with zero attached hydrogens (tertiary/aromatic N) is 1. The number of anilines is 2. The van der Waals surface area contributed by atoms with Crippen molar-refractivity contribution in [2.45, 2.75) is 32.7 Å². The number of benzene rings is 1. The molecule has 1 aromatic rings. The van der Waals surface area contributed by atoms with Gasteiger partial charge in [0.15, 0.2) is 0 Å². The average molecular weight is 247 g/mol. The molecule has 18 heavy (non-hydrogen) atoms. The molecule has 1 heterocycles. The molecule has 4 nitrogen and oxygen atoms in total. The molecule has 1 aliphatic rings. The minimum Gasteiger partial charge on any atom is -0.399 e. The maximum absolute atomic E-state index is 12.5. The molecule has 0 radical (unpaired) electrons. The first-order valence-electron chi connectivity index (χ1n) is 6.44. The Labute approximate surface area is 108 Å². The zero-order valence-electron chi connectivity index (χ0n) is 11.0. The number of hydrogen-bond acceptors (Lipinski definition) is 3. The Kier molecular flexibility index (Phi) is 3.45. The summed E-state index contributed by atoms with van der Waals surface area (Å²) >= 11 is 0. The molecule has 4 N–H and O–H groups in total. The van der Waals surface area contributed by atoms with E-state index in [1.165, 1.54) is 6.42 Å². The molecule has 1 amide bonds. The Morgan fingerprint density at radius 3 is 2.39 bits per heavy atom. The van der Waals surface area contributed by atoms with Gasteiger partial charge in [0, 0.05) is 29.5 Å². The molecule has 2 unspecified atom stereocenters. The smallest absolute Gasteiger partial charge is 0.254 e. The summed E-state index contributed by atoms with van der Waals surface area (Å²) in [5.74, 6) is 0.594. The Morgan fingerprint density at radius 2 is 1.78 bits per heavy atom. The number of hydrogen-bond donors (Lipinski definition) is 2. The van der Waals surface area contributed by atoms with Crippen molar-refractivity contribution in [1.82, 2.24) is 4.90 Å². The Hall–Kier alpha value is -1.71. The van der Waals surface area contributed by atoms with E-state index in [9.17, 15) is 4.79 Å². The summed E-state index contributed by atoms with van der Waals surface area (Å²) in [5.41, 5.74) is 13.1. The lowest BCUT2D eigenvalue weighted by atomic mass is 9.94. The van der Waals surface area contributed by atoms with Crippen molar-refractivity contribution in [2.75, 3.05) is 18.0 Å². The van der Waals surface area contributed by atoms with E-state index in [-0.39, 0.29) is 11.9 Å². The molecule has 1 aliphatic heterocycles. The molecule has 2 atom stereocenters. The van der Waals surface area contributed by atoms with Crippen LogP contribution in [0.1, 0.15) is 37.0 Å². The number of nitrogens with two attached hydrogens (primary N) is 2. The van der Waals surface area contributed by atoms with Crippen LogP contribution in [0.2, 0.25) is 0 Å². The number of amides is 1. The summed E-state index contributed by atoms with van der Waals surface area (Å²) in [6, 6.07) is 5.35. The van der Waals surface area contributed by atoms with Crippen LogP contribution in [0.15, 0.2) is 18.2 Å². The van der Waals surface area contributed by atoms with E-state index in [2.05, 4.69) is 13.8 Å². The van der Waals surface area contributed by atoms with Gasteiger partial charge in [0.25, 0.3) is 5.91 Å². The third-order valence-electron chi connectivity index (χ3n) is 3.60. The second-order valence-corrected chi connectivity index (χ2v) is 5.38. The number of nitrogen functional groups attached to an aromatic ring is 2. The fourth-order valence-corrected chi connectivity index (χ4v) is 2.54. The molecule has 1 saturated heterocycles. The van der Waals surface area contributed by atoms with Crippen molar-refractivity contribution < 1.29 is 4.79 Å². The molecule has 0 aromatic heterocycles. The van der Waals surface area contributed by atoms with Crippen LogP contribution in [0, 0.1) is 5.92 Å². The molecular weight excluding hydrogens is 226 g/mol. The fourth-order valence-electron chi connectivity index (χ4n) is 2.54. The van der Waals surface area contributed by atoms with Gasteiger partial charge in [0.2, 0.25) is 0 Å². The van der Waals surface area contributed by atoms with Crippen LogP contribution < -0.4 is 11.5 Å². The zero-order chi connectivity index (χ0) is 13.3. The number of carbonyl (C=O) groups is 1. The van der Waals surface area contributed by atoms with Crippen LogP contribution in [-0.4, -0.2) is 23.4 Å². The van der Waals surface area contributed by atoms with Gasteiger partial charge in [-0.3, -0.25) is 4.79 Å². The quantitative estimate of drug-likeness (QED) is 0.746. The molecule has 0 saturated carbocycles. The Bertz CT molecular complexity index is 438. The lowest BCUT2D eigenvalue weighted by Gasteiger charge is -2.37. The van der Waals surface area contributed by atoms with Gasteiger partial charge in [-0.05, 0) is 43.9 Å². The van der Waals surface area contributed by atoms with Gasteiger partial charge in [-0.1, -0.05) is 6.92 Å². The predicted molar refractivity (Wildman–Crippen MR) is 74.2 cm³/mol. The van der Waals surface area contributed by atoms with Crippen molar-refractivity contribution in [3.05, 3.63) is 23.8 Å². The van der Waals surface area contributed by atoms with Crippen molar-refractivity contribution in [1.29, 1.82) is 0 Å². The standard InChI is InChI=1S/C14H21N3O/c1-9-3-4-10(2)17(8-9)14(18)11-5-12(15)7-13(16)6-11/h5-7,9-10H,3-4,8,15-16H2,1-2H3. The van der Waals surface area contributed by atoms with Gasteiger partial charge in [-0.2, -0.15) is 0 Å². The number of carbonyl (C=O) groups excluding carboxylic acids is 1. The first-order valence-corrected chi connectivity index (χ1v) is 6.44. The number of likely N-dealkylation sites (tertiary alicyclic amines) is 1. The first kappa shape index (κ1) is 12.7. The molecule has 4 heteroatoms. The first-order chi connectivity index (χ1) is 8.47. The highest BCUT2D eigenvalue weighted by Crippen LogP contribution is 2.24. The van der Waals surface area contributed by atoms with E-state index < -0.39 is 0 Å². The van der Waals surface area contributed by atoms with Crippen LogP contribution in [0.4, 0.5) is 11.4 Å². The van der Waals surface area contributed by atoms with Gasteiger partial charge < -0.3 is 16.4 Å². The highest BCUT2D eigenvalue weighted by molar-refractivity contribution is 5.96. The average Bonchev–Trinajstić information content (AvgIpc) is 2.30. The van der Waals surface area contributed by atoms with Gasteiger partial charge in [0.05, 0.1) is 0 Å². The number of piperidine rings is 1. The highest BCUT2D eigenvalue weighted by atomic mass is 16.2. The minimum atomic E-state index is 0.0352. The lowest BCUT2D eigenvalue weighted by Crippen LogP contribution is -2.44. The minimum absolute atomic E-state index is 0.0352. The molecular formula is C14H21N3O. The summed E-state index contributed by atoms with van der Waals surface area (Å²) in [7, 11) is 0. The highest BCUT2D eigenvalue weighted by Gasteiger charge is 2.27. The Morgan fingerprint density at radius 1 is 1.17 bits per heavy atom. The molecule has 2 rings (SSSR count). The van der Waals surface area contributed by atoms with Crippen molar-refractivity contribution in [3.8, 4) is 0 Å². The third-order valence-corrected chi connectivity index (χ3v) is 3.60. The normalized spacial score (nSPS) is 24.0. The molecule has 1 fully saturated rings. The van der Waals surface area contributed by atoms with Crippen LogP contribution in [0.25, 0.3) is 0 Å². The van der Waals surface area contributed by atoms with Crippen molar-refractivity contribution >= 4 is 17.3 Å². The predicted octanol–water partition coefficient (Wildman–Crippen LogP) is 2.11. The molecule has 98 valence electrons. The van der Waals surface area contributed by atoms with E-state index in [4.69, 9.17) is 11.5 Å². The van der Waals surface area contributed by atoms with E-state index >= 15 is 0 Å². The van der Waals surface area contributed by atoms with E-state index in [0.717, 1.165) is 13.0 Å². The molecule has 0 spiro atoms. The van der Waals surface area contributed by atoms with Crippen LogP contribution in [0.3, 0.4) is 0 Å². The van der Waals surface area contributed by atoms with Crippen LogP contribution in [0.5, 0.6) is 0 Å².